The Labute approximate surface area is 105 Å². The lowest BCUT2D eigenvalue weighted by Gasteiger charge is -2.33. The van der Waals surface area contributed by atoms with E-state index in [0.29, 0.717) is 5.92 Å². The zero-order valence-electron chi connectivity index (χ0n) is 11.6. The number of hydrogen-bond acceptors (Lipinski definition) is 3. The molecule has 3 unspecified atom stereocenters. The first-order valence-corrected chi connectivity index (χ1v) is 6.55. The van der Waals surface area contributed by atoms with E-state index in [1.54, 1.807) is 0 Å². The second kappa shape index (κ2) is 6.36. The molecule has 0 bridgehead atoms. The maximum atomic E-state index is 12.3. The molecule has 1 aliphatic rings. The van der Waals surface area contributed by atoms with Gasteiger partial charge in [-0.25, -0.2) is 0 Å². The Morgan fingerprint density at radius 2 is 1.82 bits per heavy atom. The highest BCUT2D eigenvalue weighted by atomic mass is 16.2. The molecule has 2 N–H and O–H groups in total. The van der Waals surface area contributed by atoms with Gasteiger partial charge in [0.2, 0.25) is 5.91 Å². The van der Waals surface area contributed by atoms with Crippen molar-refractivity contribution in [3.63, 3.8) is 0 Å². The SMILES string of the molecule is CC1CC(N)CC(C(=O)N(C)CCN(C)C)C1. The maximum absolute atomic E-state index is 12.3. The van der Waals surface area contributed by atoms with Gasteiger partial charge in [-0.3, -0.25) is 4.79 Å². The molecular weight excluding hydrogens is 214 g/mol. The molecule has 17 heavy (non-hydrogen) atoms. The van der Waals surface area contributed by atoms with E-state index in [1.807, 2.05) is 26.0 Å². The Bertz CT molecular complexity index is 245. The summed E-state index contributed by atoms with van der Waals surface area (Å²) < 4.78 is 0. The van der Waals surface area contributed by atoms with Crippen molar-refractivity contribution < 1.29 is 4.79 Å². The van der Waals surface area contributed by atoms with Crippen LogP contribution in [0.25, 0.3) is 0 Å². The van der Waals surface area contributed by atoms with Crippen molar-refractivity contribution in [2.45, 2.75) is 32.2 Å². The third kappa shape index (κ3) is 4.64. The first-order chi connectivity index (χ1) is 7.90. The summed E-state index contributed by atoms with van der Waals surface area (Å²) in [6.07, 6.45) is 2.92. The summed E-state index contributed by atoms with van der Waals surface area (Å²) >= 11 is 0. The molecule has 0 aromatic rings. The maximum Gasteiger partial charge on any atom is 0.225 e. The van der Waals surface area contributed by atoms with E-state index in [4.69, 9.17) is 5.73 Å². The second-order valence-electron chi connectivity index (χ2n) is 5.83. The van der Waals surface area contributed by atoms with Crippen molar-refractivity contribution in [1.82, 2.24) is 9.80 Å². The molecule has 0 aliphatic heterocycles. The normalized spacial score (nSPS) is 29.4. The van der Waals surface area contributed by atoms with Crippen LogP contribution in [0, 0.1) is 11.8 Å². The molecule has 0 heterocycles. The summed E-state index contributed by atoms with van der Waals surface area (Å²) in [7, 11) is 5.95. The standard InChI is InChI=1S/C13H27N3O/c1-10-7-11(9-12(14)8-10)13(17)16(4)6-5-15(2)3/h10-12H,5-9,14H2,1-4H3. The van der Waals surface area contributed by atoms with E-state index in [0.717, 1.165) is 32.4 Å². The summed E-state index contributed by atoms with van der Waals surface area (Å²) in [4.78, 5) is 16.2. The molecule has 1 fully saturated rings. The second-order valence-corrected chi connectivity index (χ2v) is 5.83. The summed E-state index contributed by atoms with van der Waals surface area (Å²) in [5.41, 5.74) is 6.00. The fourth-order valence-electron chi connectivity index (χ4n) is 2.63. The van der Waals surface area contributed by atoms with E-state index >= 15 is 0 Å². The number of nitrogens with zero attached hydrogens (tertiary/aromatic N) is 2. The van der Waals surface area contributed by atoms with Gasteiger partial charge < -0.3 is 15.5 Å². The largest absolute Gasteiger partial charge is 0.344 e. The summed E-state index contributed by atoms with van der Waals surface area (Å²) in [5.74, 6) is 0.990. The van der Waals surface area contributed by atoms with Gasteiger partial charge in [0, 0.05) is 32.1 Å². The molecule has 1 aliphatic carbocycles. The molecule has 0 radical (unpaired) electrons. The van der Waals surface area contributed by atoms with Crippen LogP contribution in [-0.4, -0.2) is 56.0 Å². The van der Waals surface area contributed by atoms with Gasteiger partial charge in [-0.1, -0.05) is 6.92 Å². The van der Waals surface area contributed by atoms with Crippen molar-refractivity contribution in [3.8, 4) is 0 Å². The predicted molar refractivity (Wildman–Crippen MR) is 70.7 cm³/mol. The molecule has 1 amide bonds. The Balaban J connectivity index is 2.45. The molecule has 0 spiro atoms. The van der Waals surface area contributed by atoms with E-state index in [1.165, 1.54) is 0 Å². The van der Waals surface area contributed by atoms with Crippen LogP contribution < -0.4 is 5.73 Å². The quantitative estimate of drug-likeness (QED) is 0.791. The lowest BCUT2D eigenvalue weighted by molar-refractivity contribution is -0.136. The smallest absolute Gasteiger partial charge is 0.225 e. The molecule has 100 valence electrons. The van der Waals surface area contributed by atoms with E-state index < -0.39 is 0 Å². The van der Waals surface area contributed by atoms with Gasteiger partial charge in [-0.2, -0.15) is 0 Å². The number of rotatable bonds is 4. The Morgan fingerprint density at radius 3 is 2.35 bits per heavy atom. The molecule has 1 saturated carbocycles. The van der Waals surface area contributed by atoms with Gasteiger partial charge in [0.15, 0.2) is 0 Å². The third-order valence-electron chi connectivity index (χ3n) is 3.59. The van der Waals surface area contributed by atoms with Crippen molar-refractivity contribution in [1.29, 1.82) is 0 Å². The van der Waals surface area contributed by atoms with Gasteiger partial charge in [-0.15, -0.1) is 0 Å². The van der Waals surface area contributed by atoms with Crippen LogP contribution in [-0.2, 0) is 4.79 Å². The monoisotopic (exact) mass is 241 g/mol. The summed E-state index contributed by atoms with van der Waals surface area (Å²) in [6, 6.07) is 0.204. The predicted octanol–water partition coefficient (Wildman–Crippen LogP) is 0.770. The van der Waals surface area contributed by atoms with Crippen molar-refractivity contribution in [2.75, 3.05) is 34.2 Å². The first-order valence-electron chi connectivity index (χ1n) is 6.55. The average Bonchev–Trinajstić information content (AvgIpc) is 2.23. The first kappa shape index (κ1) is 14.5. The van der Waals surface area contributed by atoms with Crippen molar-refractivity contribution in [3.05, 3.63) is 0 Å². The molecule has 3 atom stereocenters. The zero-order chi connectivity index (χ0) is 13.0. The highest BCUT2D eigenvalue weighted by Crippen LogP contribution is 2.29. The lowest BCUT2D eigenvalue weighted by atomic mass is 9.79. The minimum atomic E-state index is 0.140. The van der Waals surface area contributed by atoms with Gasteiger partial charge in [0.05, 0.1) is 0 Å². The van der Waals surface area contributed by atoms with Crippen LogP contribution in [0.5, 0.6) is 0 Å². The van der Waals surface area contributed by atoms with Crippen molar-refractivity contribution in [2.24, 2.45) is 17.6 Å². The zero-order valence-corrected chi connectivity index (χ0v) is 11.6. The number of carbonyl (C=O) groups excluding carboxylic acids is 1. The fraction of sp³-hybridized carbons (Fsp3) is 0.923. The van der Waals surface area contributed by atoms with Crippen LogP contribution in [0.4, 0.5) is 0 Å². The average molecular weight is 241 g/mol. The van der Waals surface area contributed by atoms with E-state index in [9.17, 15) is 4.79 Å². The van der Waals surface area contributed by atoms with Gasteiger partial charge >= 0.3 is 0 Å². The summed E-state index contributed by atoms with van der Waals surface area (Å²) in [5, 5.41) is 0. The minimum absolute atomic E-state index is 0.140. The van der Waals surface area contributed by atoms with Gasteiger partial charge in [0.1, 0.15) is 0 Å². The highest BCUT2D eigenvalue weighted by molar-refractivity contribution is 5.78. The molecule has 0 aromatic carbocycles. The number of amides is 1. The van der Waals surface area contributed by atoms with E-state index in [2.05, 4.69) is 11.8 Å². The lowest BCUT2D eigenvalue weighted by Crippen LogP contribution is -2.42. The van der Waals surface area contributed by atoms with Crippen LogP contribution in [0.15, 0.2) is 0 Å². The van der Waals surface area contributed by atoms with Crippen LogP contribution in [0.2, 0.25) is 0 Å². The van der Waals surface area contributed by atoms with Crippen LogP contribution in [0.1, 0.15) is 26.2 Å². The number of carbonyl (C=O) groups is 1. The molecule has 4 nitrogen and oxygen atoms in total. The van der Waals surface area contributed by atoms with Crippen molar-refractivity contribution >= 4 is 5.91 Å². The Hall–Kier alpha value is -0.610. The van der Waals surface area contributed by atoms with Gasteiger partial charge in [0.25, 0.3) is 0 Å². The Morgan fingerprint density at radius 1 is 1.18 bits per heavy atom. The van der Waals surface area contributed by atoms with Crippen LogP contribution in [0.3, 0.4) is 0 Å². The number of nitrogens with two attached hydrogens (primary N) is 1. The minimum Gasteiger partial charge on any atom is -0.344 e. The fourth-order valence-corrected chi connectivity index (χ4v) is 2.63. The highest BCUT2D eigenvalue weighted by Gasteiger charge is 2.30. The molecular formula is C13H27N3O. The molecule has 0 aromatic heterocycles. The van der Waals surface area contributed by atoms with Gasteiger partial charge in [-0.05, 0) is 39.3 Å². The summed E-state index contributed by atoms with van der Waals surface area (Å²) in [6.45, 7) is 3.90. The van der Waals surface area contributed by atoms with Crippen LogP contribution >= 0.6 is 0 Å². The molecule has 1 rings (SSSR count). The van der Waals surface area contributed by atoms with E-state index in [-0.39, 0.29) is 17.9 Å². The molecule has 0 saturated heterocycles. The number of likely N-dealkylation sites (N-methyl/N-ethyl adjacent to an activating group) is 2. The number of hydrogen-bond donors (Lipinski definition) is 1. The molecule has 4 heteroatoms. The Kier molecular flexibility index (Phi) is 5.40. The third-order valence-corrected chi connectivity index (χ3v) is 3.59. The topological polar surface area (TPSA) is 49.6 Å².